The summed E-state index contributed by atoms with van der Waals surface area (Å²) in [5.74, 6) is 0. The molecule has 4 atom stereocenters. The summed E-state index contributed by atoms with van der Waals surface area (Å²) in [5, 5.41) is 17.4. The maximum Gasteiger partial charge on any atom is 0.209 e. The molecule has 0 aromatic heterocycles. The second-order valence-corrected chi connectivity index (χ2v) is 3.55. The van der Waals surface area contributed by atoms with E-state index >= 15 is 0 Å². The van der Waals surface area contributed by atoms with Gasteiger partial charge in [-0.1, -0.05) is 0 Å². The lowest BCUT2D eigenvalue weighted by atomic mass is 9.89. The predicted molar refractivity (Wildman–Crippen MR) is 44.0 cm³/mol. The Labute approximate surface area is 72.1 Å². The van der Waals surface area contributed by atoms with Gasteiger partial charge >= 0.3 is 0 Å². The molecule has 3 N–H and O–H groups in total. The van der Waals surface area contributed by atoms with Crippen LogP contribution in [0.25, 0.3) is 0 Å². The summed E-state index contributed by atoms with van der Waals surface area (Å²) in [6.45, 7) is 3.42. The standard InChI is InChI=1S/C8H16O4/c1-5-7(9)8(2,10)4-6(11-3)12-5/h5-7,9-10H,4H2,1-3H3/p+1. The Balaban J connectivity index is 2.65. The topological polar surface area (TPSA) is 61.6 Å². The molecule has 12 heavy (non-hydrogen) atoms. The molecule has 1 aliphatic rings. The van der Waals surface area contributed by atoms with Gasteiger partial charge in [0.25, 0.3) is 0 Å². The highest BCUT2D eigenvalue weighted by molar-refractivity contribution is 4.90. The van der Waals surface area contributed by atoms with Crippen molar-refractivity contribution in [3.63, 3.8) is 0 Å². The molecule has 0 radical (unpaired) electrons. The lowest BCUT2D eigenvalue weighted by molar-refractivity contribution is -0.264. The van der Waals surface area contributed by atoms with Crippen LogP contribution < -0.4 is 0 Å². The van der Waals surface area contributed by atoms with Crippen LogP contribution in [-0.2, 0) is 9.47 Å². The molecule has 4 nitrogen and oxygen atoms in total. The molecule has 72 valence electrons. The van der Waals surface area contributed by atoms with Crippen molar-refractivity contribution in [1.29, 1.82) is 0 Å². The average molecular weight is 177 g/mol. The fourth-order valence-electron chi connectivity index (χ4n) is 1.48. The molecule has 0 amide bonds. The number of hydrogen-bond donors (Lipinski definition) is 1. The second-order valence-electron chi connectivity index (χ2n) is 3.55. The van der Waals surface area contributed by atoms with E-state index in [9.17, 15) is 5.11 Å². The second kappa shape index (κ2) is 3.30. The third-order valence-corrected chi connectivity index (χ3v) is 2.35. The average Bonchev–Trinajstić information content (AvgIpc) is 1.99. The Morgan fingerprint density at radius 1 is 1.67 bits per heavy atom. The van der Waals surface area contributed by atoms with Crippen LogP contribution in [0.4, 0.5) is 0 Å². The molecule has 4 unspecified atom stereocenters. The van der Waals surface area contributed by atoms with Gasteiger partial charge in [0.05, 0.1) is 0 Å². The van der Waals surface area contributed by atoms with Gasteiger partial charge in [0.2, 0.25) is 6.10 Å². The van der Waals surface area contributed by atoms with E-state index in [-0.39, 0.29) is 12.4 Å². The van der Waals surface area contributed by atoms with Crippen LogP contribution in [0.15, 0.2) is 0 Å². The summed E-state index contributed by atoms with van der Waals surface area (Å²) in [6.07, 6.45) is -0.888. The van der Waals surface area contributed by atoms with Gasteiger partial charge in [-0.05, 0) is 13.8 Å². The highest BCUT2D eigenvalue weighted by Crippen LogP contribution is 2.28. The van der Waals surface area contributed by atoms with Gasteiger partial charge in [0.15, 0.2) is 6.29 Å². The maximum absolute atomic E-state index is 9.77. The van der Waals surface area contributed by atoms with Crippen molar-refractivity contribution in [2.75, 3.05) is 7.11 Å². The van der Waals surface area contributed by atoms with Crippen LogP contribution in [0.1, 0.15) is 20.3 Å². The fraction of sp³-hybridized carbons (Fsp3) is 1.00. The first-order valence-corrected chi connectivity index (χ1v) is 4.09. The summed E-state index contributed by atoms with van der Waals surface area (Å²) in [5.41, 5.74) is -1.00. The van der Waals surface area contributed by atoms with Crippen molar-refractivity contribution in [1.82, 2.24) is 0 Å². The van der Waals surface area contributed by atoms with Gasteiger partial charge in [-0.2, -0.15) is 0 Å². The van der Waals surface area contributed by atoms with Gasteiger partial charge in [0.1, 0.15) is 11.7 Å². The van der Waals surface area contributed by atoms with E-state index in [0.717, 1.165) is 0 Å². The van der Waals surface area contributed by atoms with E-state index in [1.165, 1.54) is 7.11 Å². The van der Waals surface area contributed by atoms with Crippen LogP contribution in [0.3, 0.4) is 0 Å². The summed E-state index contributed by atoms with van der Waals surface area (Å²) >= 11 is 0. The monoisotopic (exact) mass is 177 g/mol. The lowest BCUT2D eigenvalue weighted by Gasteiger charge is -2.38. The van der Waals surface area contributed by atoms with E-state index in [1.807, 2.05) is 0 Å². The third-order valence-electron chi connectivity index (χ3n) is 2.35. The molecule has 1 fully saturated rings. The van der Waals surface area contributed by atoms with E-state index in [4.69, 9.17) is 14.6 Å². The molecular weight excluding hydrogens is 160 g/mol. The quantitative estimate of drug-likeness (QED) is 0.555. The normalized spacial score (nSPS) is 49.2. The van der Waals surface area contributed by atoms with Crippen molar-refractivity contribution in [2.24, 2.45) is 0 Å². The zero-order valence-corrected chi connectivity index (χ0v) is 7.70. The molecule has 0 bridgehead atoms. The number of rotatable bonds is 1. The summed E-state index contributed by atoms with van der Waals surface area (Å²) in [7, 11) is 1.54. The Hall–Kier alpha value is -0.160. The zero-order valence-electron chi connectivity index (χ0n) is 7.70. The minimum atomic E-state index is -1.00. The number of hydrogen-bond acceptors (Lipinski definition) is 3. The van der Waals surface area contributed by atoms with Crippen LogP contribution in [0.2, 0.25) is 0 Å². The van der Waals surface area contributed by atoms with E-state index in [2.05, 4.69) is 0 Å². The third kappa shape index (κ3) is 1.77. The van der Waals surface area contributed by atoms with Crippen molar-refractivity contribution in [2.45, 2.75) is 44.4 Å². The van der Waals surface area contributed by atoms with Gasteiger partial charge in [-0.15, -0.1) is 0 Å². The SMILES string of the molecule is COC1CC(C)(O)C([OH2+])C(C)O1. The Morgan fingerprint density at radius 3 is 2.67 bits per heavy atom. The minimum Gasteiger partial charge on any atom is -0.439 e. The van der Waals surface area contributed by atoms with Crippen LogP contribution in [-0.4, -0.2) is 41.4 Å². The molecule has 0 aliphatic carbocycles. The van der Waals surface area contributed by atoms with Crippen molar-refractivity contribution < 1.29 is 19.7 Å². The smallest absolute Gasteiger partial charge is 0.209 e. The maximum atomic E-state index is 9.77. The number of aliphatic hydroxyl groups is 1. The molecule has 0 aromatic carbocycles. The minimum absolute atomic E-state index is 0.279. The highest BCUT2D eigenvalue weighted by atomic mass is 16.7. The molecule has 1 heterocycles. The van der Waals surface area contributed by atoms with Crippen molar-refractivity contribution in [3.8, 4) is 0 Å². The Kier molecular flexibility index (Phi) is 2.73. The number of methoxy groups -OCH3 is 1. The van der Waals surface area contributed by atoms with Gasteiger partial charge < -0.3 is 19.7 Å². The number of ether oxygens (including phenoxy) is 2. The molecular formula is C8H17O4+. The summed E-state index contributed by atoms with van der Waals surface area (Å²) in [4.78, 5) is 0. The van der Waals surface area contributed by atoms with Crippen LogP contribution >= 0.6 is 0 Å². The molecule has 1 aliphatic heterocycles. The highest BCUT2D eigenvalue weighted by Gasteiger charge is 2.46. The van der Waals surface area contributed by atoms with E-state index < -0.39 is 11.7 Å². The molecule has 4 heteroatoms. The lowest BCUT2D eigenvalue weighted by Crippen LogP contribution is -2.54. The van der Waals surface area contributed by atoms with Gasteiger partial charge in [-0.25, -0.2) is 0 Å². The van der Waals surface area contributed by atoms with Crippen LogP contribution in [0, 0.1) is 0 Å². The molecule has 1 rings (SSSR count). The van der Waals surface area contributed by atoms with Crippen LogP contribution in [0.5, 0.6) is 0 Å². The van der Waals surface area contributed by atoms with Crippen molar-refractivity contribution in [3.05, 3.63) is 0 Å². The largest absolute Gasteiger partial charge is 0.439 e. The van der Waals surface area contributed by atoms with Gasteiger partial charge in [-0.3, -0.25) is 0 Å². The predicted octanol–water partition coefficient (Wildman–Crippen LogP) is -0.388. The first-order chi connectivity index (χ1) is 5.47. The fourth-order valence-corrected chi connectivity index (χ4v) is 1.48. The Bertz CT molecular complexity index is 157. The zero-order chi connectivity index (χ0) is 9.35. The van der Waals surface area contributed by atoms with E-state index in [1.54, 1.807) is 13.8 Å². The Morgan fingerprint density at radius 2 is 2.25 bits per heavy atom. The van der Waals surface area contributed by atoms with Crippen molar-refractivity contribution >= 4 is 0 Å². The van der Waals surface area contributed by atoms with E-state index in [0.29, 0.717) is 6.42 Å². The first-order valence-electron chi connectivity index (χ1n) is 4.09. The first kappa shape index (κ1) is 9.92. The molecule has 0 aromatic rings. The summed E-state index contributed by atoms with van der Waals surface area (Å²) in [6, 6.07) is 0. The molecule has 1 saturated heterocycles. The summed E-state index contributed by atoms with van der Waals surface area (Å²) < 4.78 is 10.3. The van der Waals surface area contributed by atoms with Gasteiger partial charge in [0, 0.05) is 13.5 Å². The molecule has 0 saturated carbocycles. The molecule has 0 spiro atoms.